The molecule has 1 aromatic carbocycles. The van der Waals surface area contributed by atoms with Gasteiger partial charge in [-0.1, -0.05) is 17.3 Å². The van der Waals surface area contributed by atoms with Gasteiger partial charge in [0.25, 0.3) is 0 Å². The first-order chi connectivity index (χ1) is 8.56. The standard InChI is InChI=1S/C13H17FN4/c1-9-4-5-11(6-13(9)14)10(2)15-7-12-8-18(3)17-16-12/h4-6,8,10,15H,7H2,1-3H3. The van der Waals surface area contributed by atoms with Crippen LogP contribution in [0.5, 0.6) is 0 Å². The monoisotopic (exact) mass is 248 g/mol. The Morgan fingerprint density at radius 3 is 2.83 bits per heavy atom. The molecule has 0 saturated heterocycles. The summed E-state index contributed by atoms with van der Waals surface area (Å²) in [6, 6.07) is 5.38. The predicted molar refractivity (Wildman–Crippen MR) is 67.4 cm³/mol. The summed E-state index contributed by atoms with van der Waals surface area (Å²) in [5.74, 6) is -0.166. The van der Waals surface area contributed by atoms with Crippen LogP contribution in [0.25, 0.3) is 0 Å². The molecule has 1 unspecified atom stereocenters. The van der Waals surface area contributed by atoms with Crippen LogP contribution in [0, 0.1) is 12.7 Å². The van der Waals surface area contributed by atoms with Crippen molar-refractivity contribution in [3.05, 3.63) is 47.0 Å². The Morgan fingerprint density at radius 2 is 2.22 bits per heavy atom. The highest BCUT2D eigenvalue weighted by Crippen LogP contribution is 2.16. The average molecular weight is 248 g/mol. The van der Waals surface area contributed by atoms with Gasteiger partial charge in [-0.05, 0) is 31.0 Å². The minimum absolute atomic E-state index is 0.0714. The maximum absolute atomic E-state index is 13.5. The molecule has 0 aliphatic rings. The lowest BCUT2D eigenvalue weighted by atomic mass is 10.1. The van der Waals surface area contributed by atoms with Gasteiger partial charge in [-0.25, -0.2) is 4.39 Å². The van der Waals surface area contributed by atoms with Crippen LogP contribution in [0.1, 0.15) is 29.8 Å². The van der Waals surface area contributed by atoms with E-state index in [9.17, 15) is 4.39 Å². The molecule has 18 heavy (non-hydrogen) atoms. The lowest BCUT2D eigenvalue weighted by Gasteiger charge is -2.13. The Labute approximate surface area is 106 Å². The second-order valence-corrected chi connectivity index (χ2v) is 4.49. The first kappa shape index (κ1) is 12.7. The van der Waals surface area contributed by atoms with Crippen molar-refractivity contribution in [3.8, 4) is 0 Å². The number of hydrogen-bond acceptors (Lipinski definition) is 3. The summed E-state index contributed by atoms with van der Waals surface area (Å²) in [5.41, 5.74) is 2.47. The van der Waals surface area contributed by atoms with Crippen molar-refractivity contribution in [1.82, 2.24) is 20.3 Å². The van der Waals surface area contributed by atoms with Crippen molar-refractivity contribution in [2.75, 3.05) is 0 Å². The van der Waals surface area contributed by atoms with E-state index in [1.807, 2.05) is 26.2 Å². The van der Waals surface area contributed by atoms with Gasteiger partial charge in [0, 0.05) is 25.8 Å². The number of nitrogens with one attached hydrogen (secondary N) is 1. The van der Waals surface area contributed by atoms with Gasteiger partial charge in [-0.2, -0.15) is 0 Å². The van der Waals surface area contributed by atoms with Crippen LogP contribution in [-0.4, -0.2) is 15.0 Å². The molecule has 96 valence electrons. The van der Waals surface area contributed by atoms with Crippen molar-refractivity contribution in [3.63, 3.8) is 0 Å². The van der Waals surface area contributed by atoms with E-state index in [0.29, 0.717) is 12.1 Å². The summed E-state index contributed by atoms with van der Waals surface area (Å²) < 4.78 is 15.1. The second kappa shape index (κ2) is 5.27. The zero-order valence-electron chi connectivity index (χ0n) is 10.8. The summed E-state index contributed by atoms with van der Waals surface area (Å²) in [6.07, 6.45) is 1.86. The molecule has 0 spiro atoms. The molecule has 2 aromatic rings. The molecule has 0 amide bonds. The zero-order valence-corrected chi connectivity index (χ0v) is 10.8. The highest BCUT2D eigenvalue weighted by atomic mass is 19.1. The molecule has 1 aromatic heterocycles. The van der Waals surface area contributed by atoms with Crippen molar-refractivity contribution < 1.29 is 4.39 Å². The van der Waals surface area contributed by atoms with Crippen molar-refractivity contribution >= 4 is 0 Å². The molecular weight excluding hydrogens is 231 g/mol. The van der Waals surface area contributed by atoms with Crippen LogP contribution in [0.15, 0.2) is 24.4 Å². The molecule has 4 nitrogen and oxygen atoms in total. The van der Waals surface area contributed by atoms with Crippen LogP contribution >= 0.6 is 0 Å². The third-order valence-electron chi connectivity index (χ3n) is 2.94. The predicted octanol–water partition coefficient (Wildman–Crippen LogP) is 2.11. The number of hydrogen-bond donors (Lipinski definition) is 1. The van der Waals surface area contributed by atoms with Crippen molar-refractivity contribution in [1.29, 1.82) is 0 Å². The molecule has 2 rings (SSSR count). The van der Waals surface area contributed by atoms with E-state index < -0.39 is 0 Å². The molecule has 0 fully saturated rings. The third kappa shape index (κ3) is 2.92. The fourth-order valence-corrected chi connectivity index (χ4v) is 1.73. The van der Waals surface area contributed by atoms with Gasteiger partial charge in [0.15, 0.2) is 0 Å². The second-order valence-electron chi connectivity index (χ2n) is 4.49. The normalized spacial score (nSPS) is 12.7. The minimum Gasteiger partial charge on any atom is -0.304 e. The first-order valence-electron chi connectivity index (χ1n) is 5.91. The van der Waals surface area contributed by atoms with E-state index in [1.54, 1.807) is 23.7 Å². The van der Waals surface area contributed by atoms with Crippen LogP contribution < -0.4 is 5.32 Å². The molecule has 0 saturated carbocycles. The van der Waals surface area contributed by atoms with Crippen LogP contribution in [0.3, 0.4) is 0 Å². The molecule has 1 heterocycles. The molecule has 1 atom stereocenters. The molecule has 0 aliphatic carbocycles. The third-order valence-corrected chi connectivity index (χ3v) is 2.94. The van der Waals surface area contributed by atoms with Gasteiger partial charge in [0.05, 0.1) is 5.69 Å². The fraction of sp³-hybridized carbons (Fsp3) is 0.385. The molecule has 0 aliphatic heterocycles. The van der Waals surface area contributed by atoms with Crippen LogP contribution in [0.4, 0.5) is 4.39 Å². The van der Waals surface area contributed by atoms with E-state index in [2.05, 4.69) is 15.6 Å². The van der Waals surface area contributed by atoms with Crippen LogP contribution in [0.2, 0.25) is 0 Å². The molecule has 1 N–H and O–H groups in total. The average Bonchev–Trinajstić information content (AvgIpc) is 2.75. The van der Waals surface area contributed by atoms with Crippen molar-refractivity contribution in [2.45, 2.75) is 26.4 Å². The van der Waals surface area contributed by atoms with E-state index in [4.69, 9.17) is 0 Å². The maximum Gasteiger partial charge on any atom is 0.126 e. The Hall–Kier alpha value is -1.75. The van der Waals surface area contributed by atoms with Gasteiger partial charge in [0.1, 0.15) is 5.82 Å². The SMILES string of the molecule is Cc1ccc(C(C)NCc2cn(C)nn2)cc1F. The van der Waals surface area contributed by atoms with E-state index in [0.717, 1.165) is 11.3 Å². The topological polar surface area (TPSA) is 42.7 Å². The first-order valence-corrected chi connectivity index (χ1v) is 5.91. The van der Waals surface area contributed by atoms with Gasteiger partial charge in [0.2, 0.25) is 0 Å². The number of nitrogens with zero attached hydrogens (tertiary/aromatic N) is 3. The highest BCUT2D eigenvalue weighted by Gasteiger charge is 2.08. The lowest BCUT2D eigenvalue weighted by molar-refractivity contribution is 0.557. The summed E-state index contributed by atoms with van der Waals surface area (Å²) in [7, 11) is 1.83. The van der Waals surface area contributed by atoms with Gasteiger partial charge in [-0.15, -0.1) is 5.10 Å². The smallest absolute Gasteiger partial charge is 0.126 e. The molecule has 5 heteroatoms. The highest BCUT2D eigenvalue weighted by molar-refractivity contribution is 5.25. The number of halogens is 1. The molecule has 0 radical (unpaired) electrons. The van der Waals surface area contributed by atoms with Gasteiger partial charge in [-0.3, -0.25) is 4.68 Å². The zero-order chi connectivity index (χ0) is 13.1. The van der Waals surface area contributed by atoms with Crippen LogP contribution in [-0.2, 0) is 13.6 Å². The molecular formula is C13H17FN4. The number of aromatic nitrogens is 3. The lowest BCUT2D eigenvalue weighted by Crippen LogP contribution is -2.18. The van der Waals surface area contributed by atoms with E-state index in [-0.39, 0.29) is 11.9 Å². The van der Waals surface area contributed by atoms with E-state index in [1.165, 1.54) is 0 Å². The Morgan fingerprint density at radius 1 is 1.44 bits per heavy atom. The van der Waals surface area contributed by atoms with Gasteiger partial charge >= 0.3 is 0 Å². The summed E-state index contributed by atoms with van der Waals surface area (Å²) in [4.78, 5) is 0. The maximum atomic E-state index is 13.5. The minimum atomic E-state index is -0.166. The van der Waals surface area contributed by atoms with Crippen molar-refractivity contribution in [2.24, 2.45) is 7.05 Å². The summed E-state index contributed by atoms with van der Waals surface area (Å²) in [6.45, 7) is 4.38. The quantitative estimate of drug-likeness (QED) is 0.901. The molecule has 0 bridgehead atoms. The Balaban J connectivity index is 1.99. The summed E-state index contributed by atoms with van der Waals surface area (Å²) in [5, 5.41) is 11.1. The number of rotatable bonds is 4. The summed E-state index contributed by atoms with van der Waals surface area (Å²) >= 11 is 0. The number of aryl methyl sites for hydroxylation is 2. The largest absolute Gasteiger partial charge is 0.304 e. The Kier molecular flexibility index (Phi) is 3.72. The van der Waals surface area contributed by atoms with E-state index >= 15 is 0 Å². The Bertz CT molecular complexity index is 536. The van der Waals surface area contributed by atoms with Gasteiger partial charge < -0.3 is 5.32 Å². The number of benzene rings is 1. The fourth-order valence-electron chi connectivity index (χ4n) is 1.73.